The summed E-state index contributed by atoms with van der Waals surface area (Å²) >= 11 is 0. The number of likely N-dealkylation sites (tertiary alicyclic amines) is 1. The third kappa shape index (κ3) is 5.55. The van der Waals surface area contributed by atoms with Crippen LogP contribution in [-0.4, -0.2) is 48.8 Å². The van der Waals surface area contributed by atoms with E-state index in [2.05, 4.69) is 22.8 Å². The lowest BCUT2D eigenvalue weighted by atomic mass is 9.91. The fourth-order valence-electron chi connectivity index (χ4n) is 4.50. The smallest absolute Gasteiger partial charge is 0.251 e. The van der Waals surface area contributed by atoms with Gasteiger partial charge in [-0.2, -0.15) is 0 Å². The van der Waals surface area contributed by atoms with Crippen molar-refractivity contribution in [2.24, 2.45) is 5.92 Å². The average Bonchev–Trinajstić information content (AvgIpc) is 2.85. The van der Waals surface area contributed by atoms with E-state index in [1.165, 1.54) is 6.42 Å². The second-order valence-corrected chi connectivity index (χ2v) is 8.74. The molecule has 2 N–H and O–H groups in total. The molecule has 4 rings (SSSR count). The van der Waals surface area contributed by atoms with Gasteiger partial charge in [0.25, 0.3) is 5.91 Å². The van der Waals surface area contributed by atoms with Crippen molar-refractivity contribution in [2.75, 3.05) is 26.2 Å². The fourth-order valence-corrected chi connectivity index (χ4v) is 4.50. The molecule has 6 heteroatoms. The van der Waals surface area contributed by atoms with Crippen LogP contribution in [0.5, 0.6) is 0 Å². The predicted molar refractivity (Wildman–Crippen MR) is 124 cm³/mol. The molecule has 2 aromatic carbocycles. The van der Waals surface area contributed by atoms with Gasteiger partial charge in [-0.15, -0.1) is 0 Å². The first-order valence-corrected chi connectivity index (χ1v) is 11.6. The molecule has 1 unspecified atom stereocenters. The van der Waals surface area contributed by atoms with E-state index in [0.29, 0.717) is 5.56 Å². The highest BCUT2D eigenvalue weighted by Gasteiger charge is 2.22. The van der Waals surface area contributed by atoms with Crippen molar-refractivity contribution in [1.29, 1.82) is 0 Å². The number of hydrogen-bond acceptors (Lipinski definition) is 3. The molecule has 6 nitrogen and oxygen atoms in total. The van der Waals surface area contributed by atoms with E-state index in [1.54, 1.807) is 6.07 Å². The predicted octanol–water partition coefficient (Wildman–Crippen LogP) is 3.16. The number of nitrogens with one attached hydrogen (secondary N) is 2. The Balaban J connectivity index is 1.36. The summed E-state index contributed by atoms with van der Waals surface area (Å²) in [5.74, 6) is -0.0549. The third-order valence-electron chi connectivity index (χ3n) is 6.40. The molecule has 32 heavy (non-hydrogen) atoms. The zero-order valence-electron chi connectivity index (χ0n) is 18.4. The first-order chi connectivity index (χ1) is 15.6. The maximum atomic E-state index is 12.6. The van der Waals surface area contributed by atoms with Crippen molar-refractivity contribution in [3.05, 3.63) is 59.7 Å². The van der Waals surface area contributed by atoms with Gasteiger partial charge >= 0.3 is 0 Å². The maximum absolute atomic E-state index is 12.6. The molecule has 2 aromatic rings. The van der Waals surface area contributed by atoms with Crippen molar-refractivity contribution in [2.45, 2.75) is 38.5 Å². The van der Waals surface area contributed by atoms with Crippen LogP contribution in [-0.2, 0) is 16.0 Å². The van der Waals surface area contributed by atoms with E-state index in [0.717, 1.165) is 68.4 Å². The second kappa shape index (κ2) is 10.4. The Kier molecular flexibility index (Phi) is 7.20. The number of carbonyl (C=O) groups excluding carboxylic acids is 3. The van der Waals surface area contributed by atoms with Crippen molar-refractivity contribution in [1.82, 2.24) is 15.5 Å². The van der Waals surface area contributed by atoms with Gasteiger partial charge in [-0.3, -0.25) is 14.4 Å². The van der Waals surface area contributed by atoms with Crippen molar-refractivity contribution in [3.8, 4) is 11.1 Å². The molecule has 2 aliphatic heterocycles. The number of piperidine rings is 2. The highest BCUT2D eigenvalue weighted by atomic mass is 16.2. The van der Waals surface area contributed by atoms with Gasteiger partial charge < -0.3 is 15.5 Å². The van der Waals surface area contributed by atoms with Crippen LogP contribution < -0.4 is 10.6 Å². The number of amides is 3. The summed E-state index contributed by atoms with van der Waals surface area (Å²) in [6, 6.07) is 15.6. The van der Waals surface area contributed by atoms with Crippen LogP contribution in [0.1, 0.15) is 48.0 Å². The topological polar surface area (TPSA) is 78.5 Å². The van der Waals surface area contributed by atoms with Gasteiger partial charge in [0.05, 0.1) is 6.54 Å². The van der Waals surface area contributed by atoms with Crippen LogP contribution in [0, 0.1) is 5.92 Å². The summed E-state index contributed by atoms with van der Waals surface area (Å²) in [7, 11) is 0. The molecule has 0 aliphatic carbocycles. The normalized spacial score (nSPS) is 18.7. The lowest BCUT2D eigenvalue weighted by Crippen LogP contribution is -2.42. The van der Waals surface area contributed by atoms with Crippen LogP contribution in [0.25, 0.3) is 11.1 Å². The number of rotatable bonds is 6. The van der Waals surface area contributed by atoms with E-state index in [4.69, 9.17) is 0 Å². The number of hydrogen-bond donors (Lipinski definition) is 2. The van der Waals surface area contributed by atoms with E-state index in [1.807, 2.05) is 35.2 Å². The average molecular weight is 434 g/mol. The first kappa shape index (κ1) is 22.1. The summed E-state index contributed by atoms with van der Waals surface area (Å²) in [5.41, 5.74) is 3.64. The Morgan fingerprint density at radius 2 is 1.75 bits per heavy atom. The Hall–Kier alpha value is -3.15. The van der Waals surface area contributed by atoms with Crippen molar-refractivity contribution >= 4 is 17.7 Å². The first-order valence-electron chi connectivity index (χ1n) is 11.6. The summed E-state index contributed by atoms with van der Waals surface area (Å²) in [5, 5.41) is 5.71. The molecular weight excluding hydrogens is 402 g/mol. The van der Waals surface area contributed by atoms with Gasteiger partial charge in [0.2, 0.25) is 11.8 Å². The number of nitrogens with zero attached hydrogens (tertiary/aromatic N) is 1. The standard InChI is InChI=1S/C26H31N3O3/c30-24(29-14-2-1-3-15-29)18-28-26(32)23-7-4-6-21(17-23)20-11-9-19(10-12-20)16-22-8-5-13-27-25(22)31/h4,6-7,9-12,17,22H,1-3,5,8,13-16,18H2,(H,27,31)(H,28,32). The Morgan fingerprint density at radius 1 is 0.969 bits per heavy atom. The van der Waals surface area contributed by atoms with Crippen molar-refractivity contribution < 1.29 is 14.4 Å². The molecule has 0 spiro atoms. The van der Waals surface area contributed by atoms with Crippen LogP contribution in [0.4, 0.5) is 0 Å². The van der Waals surface area contributed by atoms with Crippen LogP contribution >= 0.6 is 0 Å². The minimum Gasteiger partial charge on any atom is -0.356 e. The molecule has 0 bridgehead atoms. The highest BCUT2D eigenvalue weighted by molar-refractivity contribution is 5.97. The summed E-state index contributed by atoms with van der Waals surface area (Å²) in [4.78, 5) is 38.7. The summed E-state index contributed by atoms with van der Waals surface area (Å²) in [6.45, 7) is 2.38. The Labute approximate surface area is 189 Å². The molecule has 1 atom stereocenters. The molecule has 2 saturated heterocycles. The van der Waals surface area contributed by atoms with Crippen LogP contribution in [0.3, 0.4) is 0 Å². The van der Waals surface area contributed by atoms with E-state index >= 15 is 0 Å². The van der Waals surface area contributed by atoms with E-state index in [-0.39, 0.29) is 30.2 Å². The monoisotopic (exact) mass is 433 g/mol. The minimum absolute atomic E-state index is 0.0172. The van der Waals surface area contributed by atoms with Gasteiger partial charge in [-0.25, -0.2) is 0 Å². The summed E-state index contributed by atoms with van der Waals surface area (Å²) in [6.07, 6.45) is 5.96. The van der Waals surface area contributed by atoms with Gasteiger partial charge in [-0.1, -0.05) is 36.4 Å². The largest absolute Gasteiger partial charge is 0.356 e. The number of carbonyl (C=O) groups is 3. The van der Waals surface area contributed by atoms with Gasteiger partial charge in [-0.05, 0) is 67.3 Å². The second-order valence-electron chi connectivity index (χ2n) is 8.74. The SMILES string of the molecule is O=C(NCC(=O)N1CCCCC1)c1cccc(-c2ccc(CC3CCCNC3=O)cc2)c1. The van der Waals surface area contributed by atoms with Gasteiger partial charge in [0, 0.05) is 31.1 Å². The highest BCUT2D eigenvalue weighted by Crippen LogP contribution is 2.23. The molecule has 0 saturated carbocycles. The van der Waals surface area contributed by atoms with Gasteiger partial charge in [0.1, 0.15) is 0 Å². The van der Waals surface area contributed by atoms with E-state index < -0.39 is 0 Å². The third-order valence-corrected chi connectivity index (χ3v) is 6.40. The quantitative estimate of drug-likeness (QED) is 0.735. The zero-order chi connectivity index (χ0) is 22.3. The Bertz CT molecular complexity index is 965. The van der Waals surface area contributed by atoms with Crippen LogP contribution in [0.15, 0.2) is 48.5 Å². The maximum Gasteiger partial charge on any atom is 0.251 e. The molecular formula is C26H31N3O3. The van der Waals surface area contributed by atoms with Gasteiger partial charge in [0.15, 0.2) is 0 Å². The molecule has 2 aliphatic rings. The van der Waals surface area contributed by atoms with Crippen LogP contribution in [0.2, 0.25) is 0 Å². The molecule has 2 heterocycles. The molecule has 168 valence electrons. The number of benzene rings is 2. The van der Waals surface area contributed by atoms with E-state index in [9.17, 15) is 14.4 Å². The molecule has 2 fully saturated rings. The zero-order valence-corrected chi connectivity index (χ0v) is 18.4. The lowest BCUT2D eigenvalue weighted by Gasteiger charge is -2.26. The Morgan fingerprint density at radius 3 is 2.50 bits per heavy atom. The fraction of sp³-hybridized carbons (Fsp3) is 0.423. The summed E-state index contributed by atoms with van der Waals surface area (Å²) < 4.78 is 0. The molecule has 0 radical (unpaired) electrons. The minimum atomic E-state index is -0.239. The molecule has 3 amide bonds. The molecule has 0 aromatic heterocycles. The van der Waals surface area contributed by atoms with Crippen molar-refractivity contribution in [3.63, 3.8) is 0 Å². The lowest BCUT2D eigenvalue weighted by molar-refractivity contribution is -0.131.